The number of likely N-dealkylation sites (tertiary alicyclic amines) is 1. The van der Waals surface area contributed by atoms with E-state index in [1.54, 1.807) is 4.90 Å². The molecule has 164 valence electrons. The molecule has 0 radical (unpaired) electrons. The SMILES string of the molecule is CC(C)(C)O[C@H]1CN(C(=O)OCC2c3ccccc3-c3ccccc32)[C@H]2[C@@H]1OC[C@@H]2O. The van der Waals surface area contributed by atoms with Crippen molar-refractivity contribution in [1.82, 2.24) is 4.90 Å². The number of benzene rings is 2. The second kappa shape index (κ2) is 7.62. The van der Waals surface area contributed by atoms with Crippen LogP contribution in [0.2, 0.25) is 0 Å². The first-order chi connectivity index (χ1) is 14.8. The van der Waals surface area contributed by atoms with Gasteiger partial charge in [-0.2, -0.15) is 0 Å². The lowest BCUT2D eigenvalue weighted by atomic mass is 9.98. The van der Waals surface area contributed by atoms with Crippen molar-refractivity contribution in [1.29, 1.82) is 0 Å². The summed E-state index contributed by atoms with van der Waals surface area (Å²) in [4.78, 5) is 14.7. The van der Waals surface area contributed by atoms with Crippen LogP contribution in [0.15, 0.2) is 48.5 Å². The molecule has 2 heterocycles. The summed E-state index contributed by atoms with van der Waals surface area (Å²) in [5.74, 6) is 0.00104. The minimum absolute atomic E-state index is 0.00104. The molecule has 2 fully saturated rings. The van der Waals surface area contributed by atoms with Crippen LogP contribution >= 0.6 is 0 Å². The quantitative estimate of drug-likeness (QED) is 0.818. The van der Waals surface area contributed by atoms with E-state index < -0.39 is 18.2 Å². The van der Waals surface area contributed by atoms with E-state index in [2.05, 4.69) is 24.3 Å². The summed E-state index contributed by atoms with van der Waals surface area (Å²) >= 11 is 0. The summed E-state index contributed by atoms with van der Waals surface area (Å²) in [6, 6.07) is 16.1. The van der Waals surface area contributed by atoms with Gasteiger partial charge in [0, 0.05) is 5.92 Å². The van der Waals surface area contributed by atoms with Crippen molar-refractivity contribution in [2.75, 3.05) is 19.8 Å². The second-order valence-corrected chi connectivity index (χ2v) is 9.58. The van der Waals surface area contributed by atoms with Gasteiger partial charge >= 0.3 is 6.09 Å². The number of fused-ring (bicyclic) bond motifs is 4. The summed E-state index contributed by atoms with van der Waals surface area (Å²) in [7, 11) is 0. The van der Waals surface area contributed by atoms with Crippen LogP contribution in [0.1, 0.15) is 37.8 Å². The summed E-state index contributed by atoms with van der Waals surface area (Å²) in [5.41, 5.74) is 4.36. The Bertz CT molecular complexity index is 938. The number of ether oxygens (including phenoxy) is 3. The van der Waals surface area contributed by atoms with Crippen molar-refractivity contribution < 1.29 is 24.1 Å². The molecule has 1 N–H and O–H groups in total. The standard InChI is InChI=1S/C25H29NO5/c1-25(2,3)31-21-12-26(22-20(27)14-29-23(21)22)24(28)30-13-19-17-10-6-4-8-15(17)16-9-5-7-11-18(16)19/h4-11,19-23,27H,12-14H2,1-3H3/t20-,21-,22+,23+/m0/s1. The summed E-state index contributed by atoms with van der Waals surface area (Å²) in [5, 5.41) is 10.4. The van der Waals surface area contributed by atoms with Gasteiger partial charge in [-0.25, -0.2) is 4.79 Å². The smallest absolute Gasteiger partial charge is 0.410 e. The van der Waals surface area contributed by atoms with E-state index in [0.29, 0.717) is 6.54 Å². The Morgan fingerprint density at radius 2 is 1.71 bits per heavy atom. The van der Waals surface area contributed by atoms with Gasteiger partial charge in [-0.3, -0.25) is 4.90 Å². The molecule has 3 aliphatic rings. The largest absolute Gasteiger partial charge is 0.448 e. The number of aliphatic hydroxyl groups excluding tert-OH is 1. The topological polar surface area (TPSA) is 68.2 Å². The molecule has 5 rings (SSSR count). The first-order valence-corrected chi connectivity index (χ1v) is 10.9. The van der Waals surface area contributed by atoms with E-state index in [1.807, 2.05) is 45.0 Å². The normalized spacial score (nSPS) is 27.2. The highest BCUT2D eigenvalue weighted by Gasteiger charge is 2.54. The van der Waals surface area contributed by atoms with Crippen LogP contribution in [0.3, 0.4) is 0 Å². The van der Waals surface area contributed by atoms with Gasteiger partial charge in [0.15, 0.2) is 0 Å². The van der Waals surface area contributed by atoms with Crippen molar-refractivity contribution >= 4 is 6.09 Å². The molecule has 31 heavy (non-hydrogen) atoms. The number of nitrogens with zero attached hydrogens (tertiary/aromatic N) is 1. The number of hydrogen-bond donors (Lipinski definition) is 1. The molecular formula is C25H29NO5. The highest BCUT2D eigenvalue weighted by atomic mass is 16.6. The second-order valence-electron chi connectivity index (χ2n) is 9.58. The number of amides is 1. The van der Waals surface area contributed by atoms with Crippen molar-refractivity contribution in [2.24, 2.45) is 0 Å². The summed E-state index contributed by atoms with van der Waals surface area (Å²) in [6.45, 7) is 6.73. The monoisotopic (exact) mass is 423 g/mol. The molecule has 6 nitrogen and oxygen atoms in total. The average Bonchev–Trinajstić information content (AvgIpc) is 3.38. The average molecular weight is 424 g/mol. The van der Waals surface area contributed by atoms with Gasteiger partial charge in [0.05, 0.1) is 24.8 Å². The molecule has 1 aliphatic carbocycles. The van der Waals surface area contributed by atoms with E-state index in [1.165, 1.54) is 22.3 Å². The van der Waals surface area contributed by atoms with Gasteiger partial charge in [0.2, 0.25) is 0 Å². The van der Waals surface area contributed by atoms with Gasteiger partial charge in [0.1, 0.15) is 24.9 Å². The maximum Gasteiger partial charge on any atom is 0.410 e. The van der Waals surface area contributed by atoms with E-state index in [0.717, 1.165) is 0 Å². The molecule has 2 aliphatic heterocycles. The van der Waals surface area contributed by atoms with Gasteiger partial charge in [-0.15, -0.1) is 0 Å². The highest BCUT2D eigenvalue weighted by molar-refractivity contribution is 5.79. The Kier molecular flexibility index (Phi) is 5.04. The summed E-state index contributed by atoms with van der Waals surface area (Å²) in [6.07, 6.45) is -1.79. The van der Waals surface area contributed by atoms with E-state index >= 15 is 0 Å². The third kappa shape index (κ3) is 3.63. The zero-order chi connectivity index (χ0) is 21.8. The minimum Gasteiger partial charge on any atom is -0.448 e. The Hall–Kier alpha value is -2.41. The van der Waals surface area contributed by atoms with Crippen LogP contribution in [0, 0.1) is 0 Å². The Morgan fingerprint density at radius 3 is 2.32 bits per heavy atom. The van der Waals surface area contributed by atoms with Crippen LogP contribution < -0.4 is 0 Å². The Morgan fingerprint density at radius 1 is 1.10 bits per heavy atom. The number of carbonyl (C=O) groups is 1. The molecule has 2 aromatic carbocycles. The van der Waals surface area contributed by atoms with E-state index in [4.69, 9.17) is 14.2 Å². The number of rotatable bonds is 3. The maximum absolute atomic E-state index is 13.1. The predicted molar refractivity (Wildman–Crippen MR) is 116 cm³/mol. The lowest BCUT2D eigenvalue weighted by Crippen LogP contribution is -2.44. The zero-order valence-corrected chi connectivity index (χ0v) is 18.2. The van der Waals surface area contributed by atoms with Crippen LogP contribution in [0.5, 0.6) is 0 Å². The number of carbonyl (C=O) groups excluding carboxylic acids is 1. The molecule has 2 aromatic rings. The zero-order valence-electron chi connectivity index (χ0n) is 18.2. The van der Waals surface area contributed by atoms with Crippen LogP contribution in [-0.2, 0) is 14.2 Å². The lowest BCUT2D eigenvalue weighted by Gasteiger charge is -2.27. The maximum atomic E-state index is 13.1. The van der Waals surface area contributed by atoms with E-state index in [-0.39, 0.29) is 36.9 Å². The molecule has 1 amide bonds. The fourth-order valence-electron chi connectivity index (χ4n) is 5.19. The fraction of sp³-hybridized carbons (Fsp3) is 0.480. The molecule has 6 heteroatoms. The lowest BCUT2D eigenvalue weighted by molar-refractivity contribution is -0.101. The molecule has 0 spiro atoms. The molecular weight excluding hydrogens is 394 g/mol. The highest BCUT2D eigenvalue weighted by Crippen LogP contribution is 2.44. The van der Waals surface area contributed by atoms with Crippen molar-refractivity contribution in [3.05, 3.63) is 59.7 Å². The molecule has 0 aromatic heterocycles. The third-order valence-corrected chi connectivity index (χ3v) is 6.37. The number of aliphatic hydroxyl groups is 1. The van der Waals surface area contributed by atoms with Gasteiger partial charge < -0.3 is 19.3 Å². The van der Waals surface area contributed by atoms with Crippen LogP contribution in [-0.4, -0.2) is 65.8 Å². The summed E-state index contributed by atoms with van der Waals surface area (Å²) < 4.78 is 17.7. The fourth-order valence-corrected chi connectivity index (χ4v) is 5.19. The first-order valence-electron chi connectivity index (χ1n) is 10.9. The molecule has 0 unspecified atom stereocenters. The van der Waals surface area contributed by atoms with Crippen molar-refractivity contribution in [3.8, 4) is 11.1 Å². The van der Waals surface area contributed by atoms with Gasteiger partial charge in [0.25, 0.3) is 0 Å². The van der Waals surface area contributed by atoms with Gasteiger partial charge in [-0.1, -0.05) is 48.5 Å². The molecule has 0 saturated carbocycles. The van der Waals surface area contributed by atoms with Crippen LogP contribution in [0.25, 0.3) is 11.1 Å². The van der Waals surface area contributed by atoms with Crippen molar-refractivity contribution in [2.45, 2.75) is 56.6 Å². The third-order valence-electron chi connectivity index (χ3n) is 6.37. The first kappa shape index (κ1) is 20.5. The van der Waals surface area contributed by atoms with Gasteiger partial charge in [-0.05, 0) is 43.0 Å². The van der Waals surface area contributed by atoms with Crippen molar-refractivity contribution in [3.63, 3.8) is 0 Å². The molecule has 0 bridgehead atoms. The van der Waals surface area contributed by atoms with E-state index in [9.17, 15) is 9.90 Å². The number of hydrogen-bond acceptors (Lipinski definition) is 5. The molecule has 2 saturated heterocycles. The van der Waals surface area contributed by atoms with Crippen LogP contribution in [0.4, 0.5) is 4.79 Å². The Labute approximate surface area is 182 Å². The molecule has 4 atom stereocenters. The predicted octanol–water partition coefficient (Wildman–Crippen LogP) is 3.56. The minimum atomic E-state index is -0.737. The Balaban J connectivity index is 1.33.